The standard InChI is InChI=1S/C18H24F3N6OP/c1-26-8-9-27(25-16-14(18(19,20)21)10-23-17(22)24-16)11-15(26)12-4-6-13(7-5-12)29(2,3)28/h4-7,10,15H,8-9,11H2,1-3H3,(H3,22,23,24,25). The molecule has 0 spiro atoms. The van der Waals surface area contributed by atoms with Crippen molar-refractivity contribution < 1.29 is 17.7 Å². The maximum absolute atomic E-state index is 13.3. The zero-order valence-electron chi connectivity index (χ0n) is 16.4. The summed E-state index contributed by atoms with van der Waals surface area (Å²) in [4.78, 5) is 9.33. The summed E-state index contributed by atoms with van der Waals surface area (Å²) in [6, 6.07) is 7.49. The van der Waals surface area contributed by atoms with E-state index >= 15 is 0 Å². The van der Waals surface area contributed by atoms with Gasteiger partial charge in [0.15, 0.2) is 5.82 Å². The maximum Gasteiger partial charge on any atom is 0.421 e. The predicted molar refractivity (Wildman–Crippen MR) is 108 cm³/mol. The quantitative estimate of drug-likeness (QED) is 0.724. The molecule has 158 valence electrons. The lowest BCUT2D eigenvalue weighted by molar-refractivity contribution is -0.137. The van der Waals surface area contributed by atoms with Crippen LogP contribution in [0.4, 0.5) is 24.9 Å². The number of halogens is 3. The van der Waals surface area contributed by atoms with Gasteiger partial charge in [0.05, 0.1) is 0 Å². The van der Waals surface area contributed by atoms with Crippen LogP contribution in [-0.2, 0) is 10.7 Å². The average molecular weight is 428 g/mol. The van der Waals surface area contributed by atoms with Crippen LogP contribution in [-0.4, -0.2) is 59.9 Å². The van der Waals surface area contributed by atoms with Crippen molar-refractivity contribution in [3.8, 4) is 0 Å². The first-order chi connectivity index (χ1) is 13.4. The number of anilines is 2. The Morgan fingerprint density at radius 3 is 2.45 bits per heavy atom. The summed E-state index contributed by atoms with van der Waals surface area (Å²) in [6.07, 6.45) is -3.91. The number of hydrogen-bond donors (Lipinski definition) is 2. The predicted octanol–water partition coefficient (Wildman–Crippen LogP) is 2.64. The third-order valence-electron chi connectivity index (χ3n) is 4.92. The van der Waals surface area contributed by atoms with Gasteiger partial charge in [-0.2, -0.15) is 18.2 Å². The summed E-state index contributed by atoms with van der Waals surface area (Å²) in [7, 11) is -0.384. The van der Waals surface area contributed by atoms with E-state index in [1.165, 1.54) is 0 Å². The Morgan fingerprint density at radius 1 is 1.21 bits per heavy atom. The molecule has 1 aliphatic rings. The number of hydrogen-bond acceptors (Lipinski definition) is 7. The van der Waals surface area contributed by atoms with Crippen molar-refractivity contribution >= 4 is 24.2 Å². The Kier molecular flexibility index (Phi) is 5.89. The van der Waals surface area contributed by atoms with Crippen LogP contribution in [0, 0.1) is 0 Å². The van der Waals surface area contributed by atoms with E-state index in [1.54, 1.807) is 18.3 Å². The van der Waals surface area contributed by atoms with E-state index in [2.05, 4.69) is 20.3 Å². The summed E-state index contributed by atoms with van der Waals surface area (Å²) in [6.45, 7) is 5.01. The van der Waals surface area contributed by atoms with Crippen LogP contribution >= 0.6 is 7.14 Å². The molecule has 2 aromatic rings. The molecule has 1 unspecified atom stereocenters. The summed E-state index contributed by atoms with van der Waals surface area (Å²) in [5, 5.41) is 2.49. The molecule has 0 saturated carbocycles. The summed E-state index contributed by atoms with van der Waals surface area (Å²) in [5.74, 6) is -0.591. The zero-order chi connectivity index (χ0) is 21.4. The molecule has 0 amide bonds. The van der Waals surface area contributed by atoms with E-state index in [4.69, 9.17) is 5.73 Å². The molecule has 1 aromatic heterocycles. The number of nitrogens with two attached hydrogens (primary N) is 1. The molecule has 2 heterocycles. The van der Waals surface area contributed by atoms with Crippen LogP contribution in [0.5, 0.6) is 0 Å². The van der Waals surface area contributed by atoms with Crippen molar-refractivity contribution in [3.63, 3.8) is 0 Å². The largest absolute Gasteiger partial charge is 0.421 e. The fourth-order valence-corrected chi connectivity index (χ4v) is 4.10. The molecule has 1 saturated heterocycles. The van der Waals surface area contributed by atoms with Crippen LogP contribution in [0.1, 0.15) is 17.2 Å². The number of aromatic nitrogens is 2. The first kappa shape index (κ1) is 21.5. The van der Waals surface area contributed by atoms with Crippen LogP contribution in [0.2, 0.25) is 0 Å². The van der Waals surface area contributed by atoms with E-state index in [1.807, 2.05) is 31.3 Å². The zero-order valence-corrected chi connectivity index (χ0v) is 17.3. The number of benzene rings is 1. The van der Waals surface area contributed by atoms with Crippen LogP contribution in [0.3, 0.4) is 0 Å². The third-order valence-corrected chi connectivity index (χ3v) is 6.47. The highest BCUT2D eigenvalue weighted by molar-refractivity contribution is 7.70. The maximum atomic E-state index is 13.3. The molecule has 0 bridgehead atoms. The minimum absolute atomic E-state index is 0.0491. The van der Waals surface area contributed by atoms with Crippen molar-refractivity contribution in [1.82, 2.24) is 19.9 Å². The van der Waals surface area contributed by atoms with Gasteiger partial charge < -0.3 is 15.7 Å². The highest BCUT2D eigenvalue weighted by Gasteiger charge is 2.36. The van der Waals surface area contributed by atoms with Gasteiger partial charge in [0, 0.05) is 37.2 Å². The van der Waals surface area contributed by atoms with Crippen molar-refractivity contribution in [1.29, 1.82) is 0 Å². The van der Waals surface area contributed by atoms with E-state index in [-0.39, 0.29) is 17.8 Å². The van der Waals surface area contributed by atoms with Gasteiger partial charge in [-0.25, -0.2) is 9.99 Å². The summed E-state index contributed by atoms with van der Waals surface area (Å²) < 4.78 is 52.0. The number of likely N-dealkylation sites (N-methyl/N-ethyl adjacent to an activating group) is 1. The first-order valence-corrected chi connectivity index (χ1v) is 11.6. The van der Waals surface area contributed by atoms with E-state index in [0.29, 0.717) is 25.8 Å². The number of piperazine rings is 1. The third kappa shape index (κ3) is 5.07. The van der Waals surface area contributed by atoms with Gasteiger partial charge in [0.2, 0.25) is 5.95 Å². The number of hydrazine groups is 1. The Bertz CT molecular complexity index is 915. The molecule has 7 nitrogen and oxygen atoms in total. The number of nitrogens with zero attached hydrogens (tertiary/aromatic N) is 4. The lowest BCUT2D eigenvalue weighted by Crippen LogP contribution is -2.49. The minimum Gasteiger partial charge on any atom is -0.368 e. The molecule has 29 heavy (non-hydrogen) atoms. The summed E-state index contributed by atoms with van der Waals surface area (Å²) >= 11 is 0. The second-order valence-electron chi connectivity index (χ2n) is 7.48. The molecule has 11 heteroatoms. The molecule has 1 aromatic carbocycles. The van der Waals surface area contributed by atoms with E-state index in [0.717, 1.165) is 10.9 Å². The molecule has 1 fully saturated rings. The number of rotatable bonds is 4. The smallest absolute Gasteiger partial charge is 0.368 e. The van der Waals surface area contributed by atoms with E-state index < -0.39 is 18.9 Å². The molecule has 0 aliphatic carbocycles. The van der Waals surface area contributed by atoms with Gasteiger partial charge >= 0.3 is 6.18 Å². The Hall–Kier alpha value is -2.16. The normalized spacial score (nSPS) is 19.3. The Balaban J connectivity index is 1.81. The van der Waals surface area contributed by atoms with Crippen LogP contribution in [0.15, 0.2) is 30.5 Å². The van der Waals surface area contributed by atoms with Crippen molar-refractivity contribution in [2.24, 2.45) is 0 Å². The highest BCUT2D eigenvalue weighted by atomic mass is 31.2. The first-order valence-electron chi connectivity index (χ1n) is 9.02. The fourth-order valence-electron chi connectivity index (χ4n) is 3.23. The van der Waals surface area contributed by atoms with Gasteiger partial charge in [0.1, 0.15) is 12.7 Å². The van der Waals surface area contributed by atoms with Crippen molar-refractivity contribution in [2.45, 2.75) is 12.2 Å². The summed E-state index contributed by atoms with van der Waals surface area (Å²) in [5.41, 5.74) is 8.28. The van der Waals surface area contributed by atoms with Crippen LogP contribution in [0.25, 0.3) is 0 Å². The number of alkyl halides is 3. The van der Waals surface area contributed by atoms with Gasteiger partial charge in [-0.1, -0.05) is 24.3 Å². The van der Waals surface area contributed by atoms with Gasteiger partial charge in [-0.3, -0.25) is 4.90 Å². The van der Waals surface area contributed by atoms with Gasteiger partial charge in [0.25, 0.3) is 0 Å². The van der Waals surface area contributed by atoms with Crippen molar-refractivity contribution in [2.75, 3.05) is 51.2 Å². The SMILES string of the molecule is CN1CCN(Nc2nc(N)ncc2C(F)(F)F)CC1c1ccc(P(C)(C)=O)cc1. The molecule has 3 N–H and O–H groups in total. The lowest BCUT2D eigenvalue weighted by atomic mass is 10.0. The molecule has 1 aliphatic heterocycles. The lowest BCUT2D eigenvalue weighted by Gasteiger charge is -2.40. The number of nitrogen functional groups attached to an aromatic ring is 1. The second kappa shape index (κ2) is 7.93. The van der Waals surface area contributed by atoms with Crippen molar-refractivity contribution in [3.05, 3.63) is 41.6 Å². The number of nitrogens with one attached hydrogen (secondary N) is 1. The monoisotopic (exact) mass is 428 g/mol. The van der Waals surface area contributed by atoms with Gasteiger partial charge in [-0.05, 0) is 25.9 Å². The second-order valence-corrected chi connectivity index (χ2v) is 10.7. The molecular weight excluding hydrogens is 404 g/mol. The minimum atomic E-state index is -4.59. The van der Waals surface area contributed by atoms with E-state index in [9.17, 15) is 17.7 Å². The Labute approximate surface area is 167 Å². The molecule has 0 radical (unpaired) electrons. The highest BCUT2D eigenvalue weighted by Crippen LogP contribution is 2.36. The molecular formula is C18H24F3N6OP. The van der Waals surface area contributed by atoms with Gasteiger partial charge in [-0.15, -0.1) is 0 Å². The topological polar surface area (TPSA) is 87.4 Å². The Morgan fingerprint density at radius 2 is 1.86 bits per heavy atom. The van der Waals surface area contributed by atoms with Crippen LogP contribution < -0.4 is 16.5 Å². The molecule has 3 rings (SSSR count). The average Bonchev–Trinajstić information content (AvgIpc) is 2.62. The fraction of sp³-hybridized carbons (Fsp3) is 0.444. The molecule has 1 atom stereocenters.